The van der Waals surface area contributed by atoms with Crippen LogP contribution in [0.4, 0.5) is 9.80 Å². The van der Waals surface area contributed by atoms with Crippen molar-refractivity contribution >= 4 is 34.4 Å². The predicted molar refractivity (Wildman–Crippen MR) is 133 cm³/mol. The Hall–Kier alpha value is -4.16. The zero-order valence-corrected chi connectivity index (χ0v) is 20.0. The average molecular weight is 489 g/mol. The molecule has 1 aliphatic heterocycles. The molecule has 178 valence electrons. The van der Waals surface area contributed by atoms with Crippen molar-refractivity contribution in [1.29, 1.82) is 5.26 Å². The number of pyridine rings is 1. The second kappa shape index (κ2) is 11.3. The summed E-state index contributed by atoms with van der Waals surface area (Å²) in [6.45, 7) is 1.07. The number of carbonyl (C=O) groups is 2. The molecule has 2 aromatic heterocycles. The SMILES string of the molecule is COc1ccc(CCOC(=O)N2CCc3c(sc(NC(=O)C=Cc4cccnc4)c3C#N)C2)cc1. The van der Waals surface area contributed by atoms with E-state index >= 15 is 0 Å². The van der Waals surface area contributed by atoms with E-state index in [-0.39, 0.29) is 18.6 Å². The molecule has 0 spiro atoms. The molecular weight excluding hydrogens is 464 g/mol. The Labute approximate surface area is 207 Å². The van der Waals surface area contributed by atoms with E-state index < -0.39 is 0 Å². The number of amides is 2. The fourth-order valence-corrected chi connectivity index (χ4v) is 4.92. The molecule has 3 heterocycles. The summed E-state index contributed by atoms with van der Waals surface area (Å²) in [6.07, 6.45) is 7.13. The van der Waals surface area contributed by atoms with Crippen LogP contribution in [0.5, 0.6) is 5.75 Å². The molecule has 3 aromatic rings. The molecule has 2 amide bonds. The molecule has 0 saturated carbocycles. The molecule has 8 nitrogen and oxygen atoms in total. The third-order valence-electron chi connectivity index (χ3n) is 5.55. The minimum Gasteiger partial charge on any atom is -0.497 e. The number of carbonyl (C=O) groups excluding carboxylic acids is 2. The molecule has 0 radical (unpaired) electrons. The largest absolute Gasteiger partial charge is 0.497 e. The number of fused-ring (bicyclic) bond motifs is 1. The lowest BCUT2D eigenvalue weighted by atomic mass is 10.0. The molecule has 35 heavy (non-hydrogen) atoms. The van der Waals surface area contributed by atoms with Crippen molar-refractivity contribution in [3.8, 4) is 11.8 Å². The van der Waals surface area contributed by atoms with Crippen molar-refractivity contribution in [1.82, 2.24) is 9.88 Å². The van der Waals surface area contributed by atoms with Crippen LogP contribution in [-0.4, -0.2) is 42.1 Å². The van der Waals surface area contributed by atoms with E-state index in [0.29, 0.717) is 36.5 Å². The van der Waals surface area contributed by atoms with E-state index in [2.05, 4.69) is 16.4 Å². The van der Waals surface area contributed by atoms with Gasteiger partial charge in [-0.05, 0) is 47.4 Å². The number of hydrogen-bond donors (Lipinski definition) is 1. The maximum Gasteiger partial charge on any atom is 0.410 e. The van der Waals surface area contributed by atoms with Crippen molar-refractivity contribution in [3.05, 3.63) is 82.0 Å². The highest BCUT2D eigenvalue weighted by atomic mass is 32.1. The molecule has 9 heteroatoms. The van der Waals surface area contributed by atoms with Gasteiger partial charge < -0.3 is 19.7 Å². The molecule has 0 atom stereocenters. The molecule has 0 saturated heterocycles. The van der Waals surface area contributed by atoms with Gasteiger partial charge in [0.25, 0.3) is 0 Å². The highest BCUT2D eigenvalue weighted by Gasteiger charge is 2.28. The van der Waals surface area contributed by atoms with Crippen LogP contribution < -0.4 is 10.1 Å². The minimum absolute atomic E-state index is 0.271. The third-order valence-corrected chi connectivity index (χ3v) is 6.68. The summed E-state index contributed by atoms with van der Waals surface area (Å²) >= 11 is 1.32. The summed E-state index contributed by atoms with van der Waals surface area (Å²) < 4.78 is 10.6. The summed E-state index contributed by atoms with van der Waals surface area (Å²) in [5.41, 5.74) is 3.19. The van der Waals surface area contributed by atoms with Gasteiger partial charge in [-0.3, -0.25) is 9.78 Å². The van der Waals surface area contributed by atoms with Crippen LogP contribution in [0.15, 0.2) is 54.9 Å². The molecule has 0 aliphatic carbocycles. The topological polar surface area (TPSA) is 105 Å². The number of anilines is 1. The average Bonchev–Trinajstić information content (AvgIpc) is 3.24. The van der Waals surface area contributed by atoms with E-state index in [1.54, 1.807) is 36.5 Å². The summed E-state index contributed by atoms with van der Waals surface area (Å²) in [7, 11) is 1.62. The Morgan fingerprint density at radius 2 is 2.11 bits per heavy atom. The lowest BCUT2D eigenvalue weighted by molar-refractivity contribution is -0.111. The number of nitrogens with zero attached hydrogens (tertiary/aromatic N) is 3. The van der Waals surface area contributed by atoms with Crippen molar-refractivity contribution in [2.24, 2.45) is 0 Å². The Bertz CT molecular complexity index is 1260. The maximum absolute atomic E-state index is 12.6. The second-order valence-corrected chi connectivity index (χ2v) is 8.92. The molecule has 1 aliphatic rings. The van der Waals surface area contributed by atoms with Crippen LogP contribution in [0.1, 0.15) is 27.1 Å². The van der Waals surface area contributed by atoms with E-state index in [0.717, 1.165) is 27.3 Å². The lowest BCUT2D eigenvalue weighted by Crippen LogP contribution is -2.36. The standard InChI is InChI=1S/C26H24N4O4S/c1-33-20-7-4-18(5-8-20)11-14-34-26(32)30-13-10-21-22(15-27)25(35-23(21)17-30)29-24(31)9-6-19-3-2-12-28-16-19/h2-9,12,16H,10-11,13-14,17H2,1H3,(H,29,31). The second-order valence-electron chi connectivity index (χ2n) is 7.81. The van der Waals surface area contributed by atoms with Gasteiger partial charge in [0, 0.05) is 36.3 Å². The molecule has 4 rings (SSSR count). The van der Waals surface area contributed by atoms with Gasteiger partial charge in [0.2, 0.25) is 5.91 Å². The first kappa shape index (κ1) is 24.0. The van der Waals surface area contributed by atoms with Crippen molar-refractivity contribution in [3.63, 3.8) is 0 Å². The van der Waals surface area contributed by atoms with Crippen LogP contribution in [-0.2, 0) is 28.9 Å². The number of methoxy groups -OCH3 is 1. The number of nitrogens with one attached hydrogen (secondary N) is 1. The number of benzene rings is 1. The Morgan fingerprint density at radius 3 is 2.83 bits per heavy atom. The molecule has 1 aromatic carbocycles. The van der Waals surface area contributed by atoms with E-state index in [1.807, 2.05) is 30.3 Å². The van der Waals surface area contributed by atoms with Crippen molar-refractivity contribution in [2.45, 2.75) is 19.4 Å². The van der Waals surface area contributed by atoms with Crippen LogP contribution in [0.2, 0.25) is 0 Å². The number of rotatable bonds is 7. The molecule has 1 N–H and O–H groups in total. The van der Waals surface area contributed by atoms with Gasteiger partial charge in [-0.15, -0.1) is 11.3 Å². The van der Waals surface area contributed by atoms with Crippen LogP contribution in [0.25, 0.3) is 6.08 Å². The third kappa shape index (κ3) is 6.05. The summed E-state index contributed by atoms with van der Waals surface area (Å²) in [4.78, 5) is 31.5. The maximum atomic E-state index is 12.6. The first-order valence-corrected chi connectivity index (χ1v) is 11.9. The normalized spacial score (nSPS) is 12.6. The minimum atomic E-state index is -0.388. The predicted octanol–water partition coefficient (Wildman–Crippen LogP) is 4.41. The Morgan fingerprint density at radius 1 is 1.29 bits per heavy atom. The van der Waals surface area contributed by atoms with Gasteiger partial charge in [-0.2, -0.15) is 5.26 Å². The fraction of sp³-hybridized carbons (Fsp3) is 0.231. The van der Waals surface area contributed by atoms with Crippen LogP contribution in [0, 0.1) is 11.3 Å². The molecular formula is C26H24N4O4S. The summed E-state index contributed by atoms with van der Waals surface area (Å²) in [6, 6.07) is 13.5. The van der Waals surface area contributed by atoms with E-state index in [1.165, 1.54) is 17.4 Å². The number of aromatic nitrogens is 1. The van der Waals surface area contributed by atoms with E-state index in [4.69, 9.17) is 9.47 Å². The Balaban J connectivity index is 1.34. The lowest BCUT2D eigenvalue weighted by Gasteiger charge is -2.26. The first-order valence-electron chi connectivity index (χ1n) is 11.1. The van der Waals surface area contributed by atoms with Crippen LogP contribution in [0.3, 0.4) is 0 Å². The number of hydrogen-bond acceptors (Lipinski definition) is 7. The zero-order valence-electron chi connectivity index (χ0n) is 19.2. The summed E-state index contributed by atoms with van der Waals surface area (Å²) in [5, 5.41) is 13.0. The number of nitriles is 1. The van der Waals surface area contributed by atoms with Gasteiger partial charge in [-0.25, -0.2) is 4.79 Å². The molecule has 0 bridgehead atoms. The first-order chi connectivity index (χ1) is 17.1. The van der Waals surface area contributed by atoms with Gasteiger partial charge >= 0.3 is 6.09 Å². The monoisotopic (exact) mass is 488 g/mol. The summed E-state index contributed by atoms with van der Waals surface area (Å²) in [5.74, 6) is 0.446. The number of thiophene rings is 1. The zero-order chi connectivity index (χ0) is 24.6. The quantitative estimate of drug-likeness (QED) is 0.494. The van der Waals surface area contributed by atoms with Crippen molar-refractivity contribution < 1.29 is 19.1 Å². The highest BCUT2D eigenvalue weighted by molar-refractivity contribution is 7.16. The number of ether oxygens (including phenoxy) is 2. The smallest absolute Gasteiger partial charge is 0.410 e. The van der Waals surface area contributed by atoms with E-state index in [9.17, 15) is 14.9 Å². The molecule has 0 fully saturated rings. The highest BCUT2D eigenvalue weighted by Crippen LogP contribution is 2.36. The Kier molecular flexibility index (Phi) is 7.75. The van der Waals surface area contributed by atoms with Gasteiger partial charge in [0.1, 0.15) is 16.8 Å². The van der Waals surface area contributed by atoms with Crippen LogP contribution >= 0.6 is 11.3 Å². The van der Waals surface area contributed by atoms with Gasteiger partial charge in [-0.1, -0.05) is 18.2 Å². The van der Waals surface area contributed by atoms with Gasteiger partial charge in [0.15, 0.2) is 0 Å². The van der Waals surface area contributed by atoms with Crippen molar-refractivity contribution in [2.75, 3.05) is 25.6 Å². The van der Waals surface area contributed by atoms with Gasteiger partial charge in [0.05, 0.1) is 25.8 Å². The molecule has 0 unspecified atom stereocenters. The fourth-order valence-electron chi connectivity index (χ4n) is 3.71.